The summed E-state index contributed by atoms with van der Waals surface area (Å²) in [5.41, 5.74) is 1.17. The number of nitrogens with one attached hydrogen (secondary N) is 1. The Balaban J connectivity index is 0.000000924. The number of likely N-dealkylation sites (tertiary alicyclic amines) is 1. The number of benzene rings is 1. The van der Waals surface area contributed by atoms with Crippen LogP contribution in [0.2, 0.25) is 0 Å². The first-order valence-electron chi connectivity index (χ1n) is 9.38. The fraction of sp³-hybridized carbons (Fsp3) is 0.650. The van der Waals surface area contributed by atoms with Crippen molar-refractivity contribution in [2.24, 2.45) is 5.92 Å². The van der Waals surface area contributed by atoms with Crippen LogP contribution in [0.1, 0.15) is 57.9 Å². The number of carbonyl (C=O) groups excluding carboxylic acids is 1. The maximum Gasteiger partial charge on any atom is 0.237 e. The van der Waals surface area contributed by atoms with Gasteiger partial charge in [0.2, 0.25) is 5.91 Å². The van der Waals surface area contributed by atoms with Crippen molar-refractivity contribution < 1.29 is 4.79 Å². The van der Waals surface area contributed by atoms with E-state index in [1.807, 2.05) is 32.0 Å². The quantitative estimate of drug-likeness (QED) is 0.891. The van der Waals surface area contributed by atoms with Crippen LogP contribution in [0.3, 0.4) is 0 Å². The van der Waals surface area contributed by atoms with Gasteiger partial charge in [0, 0.05) is 13.1 Å². The molecule has 1 saturated heterocycles. The molecule has 1 aliphatic carbocycles. The van der Waals surface area contributed by atoms with Crippen LogP contribution in [0, 0.1) is 5.92 Å². The van der Waals surface area contributed by atoms with Gasteiger partial charge in [0.25, 0.3) is 0 Å². The van der Waals surface area contributed by atoms with Crippen molar-refractivity contribution in [2.45, 2.75) is 65.0 Å². The van der Waals surface area contributed by atoms with E-state index in [1.165, 1.54) is 31.2 Å². The van der Waals surface area contributed by atoms with Crippen LogP contribution < -0.4 is 5.32 Å². The molecule has 1 unspecified atom stereocenters. The van der Waals surface area contributed by atoms with Crippen molar-refractivity contribution in [3.8, 4) is 0 Å². The maximum atomic E-state index is 12.5. The third-order valence-electron chi connectivity index (χ3n) is 4.94. The largest absolute Gasteiger partial charge is 0.351 e. The molecule has 23 heavy (non-hydrogen) atoms. The second-order valence-electron chi connectivity index (χ2n) is 6.51. The van der Waals surface area contributed by atoms with E-state index in [0.29, 0.717) is 6.54 Å². The van der Waals surface area contributed by atoms with Gasteiger partial charge in [0.05, 0.1) is 6.04 Å². The highest BCUT2D eigenvalue weighted by Crippen LogP contribution is 2.28. The number of rotatable bonds is 5. The normalized spacial score (nSPS) is 21.7. The van der Waals surface area contributed by atoms with Gasteiger partial charge in [-0.2, -0.15) is 0 Å². The van der Waals surface area contributed by atoms with E-state index in [-0.39, 0.29) is 11.9 Å². The highest BCUT2D eigenvalue weighted by atomic mass is 16.2. The lowest BCUT2D eigenvalue weighted by Crippen LogP contribution is -2.44. The predicted octanol–water partition coefficient (Wildman–Crippen LogP) is 3.98. The molecule has 1 aromatic rings. The number of amides is 1. The molecule has 3 rings (SSSR count). The summed E-state index contributed by atoms with van der Waals surface area (Å²) in [4.78, 5) is 14.9. The van der Waals surface area contributed by atoms with E-state index >= 15 is 0 Å². The Morgan fingerprint density at radius 2 is 1.78 bits per heavy atom. The van der Waals surface area contributed by atoms with Crippen LogP contribution in [0.5, 0.6) is 0 Å². The molecule has 1 atom stereocenters. The summed E-state index contributed by atoms with van der Waals surface area (Å²) in [5.74, 6) is 1.04. The van der Waals surface area contributed by atoms with E-state index in [1.54, 1.807) is 0 Å². The third kappa shape index (κ3) is 5.35. The molecule has 3 heteroatoms. The van der Waals surface area contributed by atoms with Gasteiger partial charge in [-0.25, -0.2) is 0 Å². The van der Waals surface area contributed by atoms with Crippen LogP contribution in [0.4, 0.5) is 0 Å². The van der Waals surface area contributed by atoms with E-state index in [4.69, 9.17) is 0 Å². The summed E-state index contributed by atoms with van der Waals surface area (Å²) in [6.45, 7) is 6.87. The van der Waals surface area contributed by atoms with Crippen LogP contribution in [0.25, 0.3) is 0 Å². The first kappa shape index (κ1) is 18.0. The number of hydrogen-bond acceptors (Lipinski definition) is 2. The summed E-state index contributed by atoms with van der Waals surface area (Å²) in [6.07, 6.45) is 7.65. The number of carbonyl (C=O) groups is 1. The van der Waals surface area contributed by atoms with E-state index in [9.17, 15) is 4.79 Å². The van der Waals surface area contributed by atoms with Crippen LogP contribution in [-0.2, 0) is 11.3 Å². The molecule has 2 aliphatic rings. The predicted molar refractivity (Wildman–Crippen MR) is 96.2 cm³/mol. The van der Waals surface area contributed by atoms with Crippen LogP contribution in [-0.4, -0.2) is 29.9 Å². The molecule has 1 saturated carbocycles. The molecule has 1 heterocycles. The summed E-state index contributed by atoms with van der Waals surface area (Å²) in [6, 6.07) is 10.3. The smallest absolute Gasteiger partial charge is 0.237 e. The molecule has 0 bridgehead atoms. The second kappa shape index (κ2) is 9.71. The van der Waals surface area contributed by atoms with Crippen molar-refractivity contribution >= 4 is 5.91 Å². The Morgan fingerprint density at radius 3 is 2.48 bits per heavy atom. The highest BCUT2D eigenvalue weighted by molar-refractivity contribution is 5.82. The molecule has 1 amide bonds. The molecular weight excluding hydrogens is 284 g/mol. The molecular formula is C20H32N2O. The lowest BCUT2D eigenvalue weighted by atomic mass is 10.1. The lowest BCUT2D eigenvalue weighted by Gasteiger charge is -2.26. The molecule has 1 aliphatic heterocycles. The molecule has 0 aromatic heterocycles. The van der Waals surface area contributed by atoms with Gasteiger partial charge in [-0.05, 0) is 43.7 Å². The Hall–Kier alpha value is -1.35. The third-order valence-corrected chi connectivity index (χ3v) is 4.94. The van der Waals surface area contributed by atoms with Crippen molar-refractivity contribution in [2.75, 3.05) is 13.1 Å². The van der Waals surface area contributed by atoms with Crippen LogP contribution >= 0.6 is 0 Å². The first-order chi connectivity index (χ1) is 11.3. The Labute approximate surface area is 141 Å². The van der Waals surface area contributed by atoms with Crippen molar-refractivity contribution in [1.82, 2.24) is 10.2 Å². The standard InChI is InChI=1S/C18H26N2O.C2H6/c21-18(19-13-15-7-2-1-3-8-15)17-11-6-12-20(17)14-16-9-4-5-10-16;1-2/h1-3,7-8,16-17H,4-6,9-14H2,(H,19,21);1-2H3. The van der Waals surface area contributed by atoms with Crippen LogP contribution in [0.15, 0.2) is 30.3 Å². The zero-order valence-corrected chi connectivity index (χ0v) is 14.8. The van der Waals surface area contributed by atoms with E-state index in [2.05, 4.69) is 22.3 Å². The number of nitrogens with zero attached hydrogens (tertiary/aromatic N) is 1. The minimum absolute atomic E-state index is 0.106. The fourth-order valence-corrected chi connectivity index (χ4v) is 3.77. The minimum atomic E-state index is 0.106. The maximum absolute atomic E-state index is 12.5. The average Bonchev–Trinajstić information content (AvgIpc) is 3.28. The molecule has 0 radical (unpaired) electrons. The zero-order valence-electron chi connectivity index (χ0n) is 14.8. The zero-order chi connectivity index (χ0) is 16.5. The first-order valence-corrected chi connectivity index (χ1v) is 9.38. The fourth-order valence-electron chi connectivity index (χ4n) is 3.77. The van der Waals surface area contributed by atoms with Gasteiger partial charge in [0.15, 0.2) is 0 Å². The van der Waals surface area contributed by atoms with Gasteiger partial charge >= 0.3 is 0 Å². The lowest BCUT2D eigenvalue weighted by molar-refractivity contribution is -0.125. The molecule has 1 aromatic carbocycles. The summed E-state index contributed by atoms with van der Waals surface area (Å²) in [5, 5.41) is 3.12. The Kier molecular flexibility index (Phi) is 7.60. The second-order valence-corrected chi connectivity index (χ2v) is 6.51. The van der Waals surface area contributed by atoms with E-state index < -0.39 is 0 Å². The monoisotopic (exact) mass is 316 g/mol. The summed E-state index contributed by atoms with van der Waals surface area (Å²) < 4.78 is 0. The topological polar surface area (TPSA) is 32.3 Å². The molecule has 0 spiro atoms. The van der Waals surface area contributed by atoms with Crippen molar-refractivity contribution in [3.63, 3.8) is 0 Å². The molecule has 2 fully saturated rings. The van der Waals surface area contributed by atoms with Gasteiger partial charge in [-0.1, -0.05) is 57.0 Å². The SMILES string of the molecule is CC.O=C(NCc1ccccc1)C1CCCN1CC1CCCC1. The summed E-state index contributed by atoms with van der Waals surface area (Å²) >= 11 is 0. The minimum Gasteiger partial charge on any atom is -0.351 e. The van der Waals surface area contributed by atoms with E-state index in [0.717, 1.165) is 31.8 Å². The van der Waals surface area contributed by atoms with Crippen molar-refractivity contribution in [3.05, 3.63) is 35.9 Å². The van der Waals surface area contributed by atoms with Crippen molar-refractivity contribution in [1.29, 1.82) is 0 Å². The Bertz CT molecular complexity index is 454. The average molecular weight is 316 g/mol. The highest BCUT2D eigenvalue weighted by Gasteiger charge is 2.32. The molecule has 128 valence electrons. The van der Waals surface area contributed by atoms with Gasteiger partial charge in [-0.3, -0.25) is 9.69 Å². The molecule has 1 N–H and O–H groups in total. The molecule has 3 nitrogen and oxygen atoms in total. The van der Waals surface area contributed by atoms with Gasteiger partial charge in [-0.15, -0.1) is 0 Å². The van der Waals surface area contributed by atoms with Gasteiger partial charge < -0.3 is 5.32 Å². The summed E-state index contributed by atoms with van der Waals surface area (Å²) in [7, 11) is 0. The number of hydrogen-bond donors (Lipinski definition) is 1. The van der Waals surface area contributed by atoms with Gasteiger partial charge in [0.1, 0.15) is 0 Å². The Morgan fingerprint density at radius 1 is 1.09 bits per heavy atom.